The first kappa shape index (κ1) is 14.0. The summed E-state index contributed by atoms with van der Waals surface area (Å²) in [5.41, 5.74) is 3.33. The highest BCUT2D eigenvalue weighted by Gasteiger charge is 2.19. The number of benzodiazepines with no additional fused rings is 1. The molecule has 1 amide bonds. The van der Waals surface area contributed by atoms with E-state index >= 15 is 0 Å². The minimum Gasteiger partial charge on any atom is -0.465 e. The number of anilines is 1. The number of fused-ring (bicyclic) bond motifs is 1. The van der Waals surface area contributed by atoms with Crippen molar-refractivity contribution in [1.29, 1.82) is 0 Å². The molecule has 0 aliphatic carbocycles. The molecule has 0 fully saturated rings. The number of benzene rings is 2. The van der Waals surface area contributed by atoms with Gasteiger partial charge in [-0.15, -0.1) is 0 Å². The lowest BCUT2D eigenvalue weighted by Crippen LogP contribution is -2.13. The Morgan fingerprint density at radius 1 is 1.18 bits per heavy atom. The van der Waals surface area contributed by atoms with Crippen LogP contribution in [-0.2, 0) is 9.53 Å². The summed E-state index contributed by atoms with van der Waals surface area (Å²) in [4.78, 5) is 27.9. The quantitative estimate of drug-likeness (QED) is 0.864. The second-order valence-electron chi connectivity index (χ2n) is 4.83. The van der Waals surface area contributed by atoms with Crippen molar-refractivity contribution in [1.82, 2.24) is 0 Å². The number of esters is 1. The van der Waals surface area contributed by atoms with Gasteiger partial charge >= 0.3 is 5.97 Å². The van der Waals surface area contributed by atoms with Gasteiger partial charge in [-0.25, -0.2) is 4.79 Å². The van der Waals surface area contributed by atoms with Crippen LogP contribution in [0.15, 0.2) is 53.5 Å². The number of rotatable bonds is 2. The van der Waals surface area contributed by atoms with Gasteiger partial charge in [0, 0.05) is 11.1 Å². The molecular formula is C17H14N2O3. The van der Waals surface area contributed by atoms with Crippen LogP contribution in [0.25, 0.3) is 0 Å². The molecule has 0 saturated heterocycles. The van der Waals surface area contributed by atoms with Crippen LogP contribution in [0.2, 0.25) is 0 Å². The molecular weight excluding hydrogens is 280 g/mol. The summed E-state index contributed by atoms with van der Waals surface area (Å²) in [6, 6.07) is 14.6. The third-order valence-electron chi connectivity index (χ3n) is 3.40. The predicted molar refractivity (Wildman–Crippen MR) is 83.4 cm³/mol. The van der Waals surface area contributed by atoms with Crippen LogP contribution in [-0.4, -0.2) is 31.2 Å². The zero-order valence-corrected chi connectivity index (χ0v) is 12.0. The Kier molecular flexibility index (Phi) is 3.70. The molecule has 0 aromatic heterocycles. The summed E-state index contributed by atoms with van der Waals surface area (Å²) < 4.78 is 4.75. The molecule has 1 aliphatic rings. The zero-order valence-electron chi connectivity index (χ0n) is 12.0. The average Bonchev–Trinajstić information content (AvgIpc) is 2.72. The molecule has 5 heteroatoms. The Balaban J connectivity index is 2.17. The molecule has 1 aliphatic heterocycles. The highest BCUT2D eigenvalue weighted by Crippen LogP contribution is 2.24. The zero-order chi connectivity index (χ0) is 15.5. The maximum atomic E-state index is 11.8. The summed E-state index contributed by atoms with van der Waals surface area (Å²) in [6.07, 6.45) is 0. The lowest BCUT2D eigenvalue weighted by Gasteiger charge is -2.11. The first-order valence-electron chi connectivity index (χ1n) is 6.81. The van der Waals surface area contributed by atoms with Gasteiger partial charge in [-0.2, -0.15) is 0 Å². The van der Waals surface area contributed by atoms with Crippen LogP contribution in [0, 0.1) is 0 Å². The molecule has 0 spiro atoms. The van der Waals surface area contributed by atoms with Gasteiger partial charge in [-0.05, 0) is 18.2 Å². The van der Waals surface area contributed by atoms with Crippen LogP contribution < -0.4 is 5.32 Å². The van der Waals surface area contributed by atoms with Gasteiger partial charge in [-0.1, -0.05) is 30.3 Å². The summed E-state index contributed by atoms with van der Waals surface area (Å²) >= 11 is 0. The number of amides is 1. The predicted octanol–water partition coefficient (Wildman–Crippen LogP) is 2.26. The molecule has 0 atom stereocenters. The average molecular weight is 294 g/mol. The van der Waals surface area contributed by atoms with E-state index < -0.39 is 5.97 Å². The van der Waals surface area contributed by atoms with Crippen molar-refractivity contribution >= 4 is 23.3 Å². The molecule has 2 aromatic carbocycles. The van der Waals surface area contributed by atoms with Gasteiger partial charge < -0.3 is 10.1 Å². The first-order chi connectivity index (χ1) is 10.7. The summed E-state index contributed by atoms with van der Waals surface area (Å²) in [5.74, 6) is -0.608. The van der Waals surface area contributed by atoms with E-state index in [0.29, 0.717) is 22.5 Å². The standard InChI is InChI=1S/C17H14N2O3/c1-22-17(21)12-7-8-14-13(9-12)16(18-10-15(20)19-14)11-5-3-2-4-6-11/h2-9H,10H2,1H3,(H,19,20). The minimum absolute atomic E-state index is 0.0481. The number of carbonyl (C=O) groups excluding carboxylic acids is 2. The van der Waals surface area contributed by atoms with Gasteiger partial charge in [0.05, 0.1) is 24.1 Å². The van der Waals surface area contributed by atoms with Crippen molar-refractivity contribution in [3.63, 3.8) is 0 Å². The van der Waals surface area contributed by atoms with Gasteiger partial charge in [-0.3, -0.25) is 9.79 Å². The molecule has 0 radical (unpaired) electrons. The van der Waals surface area contributed by atoms with E-state index in [1.807, 2.05) is 30.3 Å². The van der Waals surface area contributed by atoms with Gasteiger partial charge in [0.15, 0.2) is 0 Å². The van der Waals surface area contributed by atoms with Crippen molar-refractivity contribution in [3.05, 3.63) is 65.2 Å². The molecule has 3 rings (SSSR count). The SMILES string of the molecule is COC(=O)c1ccc2c(c1)C(c1ccccc1)=NCC(=O)N2. The van der Waals surface area contributed by atoms with Crippen LogP contribution in [0.1, 0.15) is 21.5 Å². The lowest BCUT2D eigenvalue weighted by atomic mass is 9.98. The van der Waals surface area contributed by atoms with Crippen LogP contribution >= 0.6 is 0 Å². The summed E-state index contributed by atoms with van der Waals surface area (Å²) in [7, 11) is 1.34. The van der Waals surface area contributed by atoms with Crippen molar-refractivity contribution in [2.45, 2.75) is 0 Å². The molecule has 22 heavy (non-hydrogen) atoms. The van der Waals surface area contributed by atoms with E-state index in [9.17, 15) is 9.59 Å². The van der Waals surface area contributed by atoms with Crippen molar-refractivity contribution < 1.29 is 14.3 Å². The molecule has 1 heterocycles. The third kappa shape index (κ3) is 2.61. The van der Waals surface area contributed by atoms with E-state index in [1.165, 1.54) is 7.11 Å². The number of hydrogen-bond acceptors (Lipinski definition) is 4. The topological polar surface area (TPSA) is 67.8 Å². The number of carbonyl (C=O) groups is 2. The van der Waals surface area contributed by atoms with Crippen molar-refractivity contribution in [3.8, 4) is 0 Å². The fraction of sp³-hybridized carbons (Fsp3) is 0.118. The molecule has 0 saturated carbocycles. The monoisotopic (exact) mass is 294 g/mol. The fourth-order valence-electron chi connectivity index (χ4n) is 2.36. The highest BCUT2D eigenvalue weighted by molar-refractivity contribution is 6.19. The molecule has 5 nitrogen and oxygen atoms in total. The van der Waals surface area contributed by atoms with Crippen molar-refractivity contribution in [2.75, 3.05) is 19.0 Å². The number of aliphatic imine (C=N–C) groups is 1. The normalized spacial score (nSPS) is 13.5. The van der Waals surface area contributed by atoms with Gasteiger partial charge in [0.1, 0.15) is 6.54 Å². The van der Waals surface area contributed by atoms with Crippen molar-refractivity contribution in [2.24, 2.45) is 4.99 Å². The number of nitrogens with zero attached hydrogens (tertiary/aromatic N) is 1. The Hall–Kier alpha value is -2.95. The van der Waals surface area contributed by atoms with E-state index in [0.717, 1.165) is 5.56 Å². The molecule has 2 aromatic rings. The van der Waals surface area contributed by atoms with Crippen LogP contribution in [0.4, 0.5) is 5.69 Å². The molecule has 0 bridgehead atoms. The second-order valence-corrected chi connectivity index (χ2v) is 4.83. The highest BCUT2D eigenvalue weighted by atomic mass is 16.5. The summed E-state index contributed by atoms with van der Waals surface area (Å²) in [6.45, 7) is 0.0481. The maximum Gasteiger partial charge on any atom is 0.337 e. The maximum absolute atomic E-state index is 11.8. The lowest BCUT2D eigenvalue weighted by molar-refractivity contribution is -0.114. The van der Waals surface area contributed by atoms with Crippen LogP contribution in [0.5, 0.6) is 0 Å². The summed E-state index contributed by atoms with van der Waals surface area (Å²) in [5, 5.41) is 2.80. The first-order valence-corrected chi connectivity index (χ1v) is 6.81. The largest absolute Gasteiger partial charge is 0.465 e. The number of nitrogens with one attached hydrogen (secondary N) is 1. The minimum atomic E-state index is -0.425. The van der Waals surface area contributed by atoms with E-state index in [2.05, 4.69) is 10.3 Å². The van der Waals surface area contributed by atoms with E-state index in [1.54, 1.807) is 18.2 Å². The Bertz CT molecular complexity index is 767. The fourth-order valence-corrected chi connectivity index (χ4v) is 2.36. The van der Waals surface area contributed by atoms with Gasteiger partial charge in [0.2, 0.25) is 5.91 Å². The number of hydrogen-bond donors (Lipinski definition) is 1. The molecule has 1 N–H and O–H groups in total. The third-order valence-corrected chi connectivity index (χ3v) is 3.40. The Morgan fingerprint density at radius 3 is 2.68 bits per heavy atom. The van der Waals surface area contributed by atoms with E-state index in [-0.39, 0.29) is 12.5 Å². The second kappa shape index (κ2) is 5.81. The Morgan fingerprint density at radius 2 is 1.95 bits per heavy atom. The van der Waals surface area contributed by atoms with Gasteiger partial charge in [0.25, 0.3) is 0 Å². The Labute approximate surface area is 127 Å². The van der Waals surface area contributed by atoms with Crippen LogP contribution in [0.3, 0.4) is 0 Å². The van der Waals surface area contributed by atoms with E-state index in [4.69, 9.17) is 4.74 Å². The number of methoxy groups -OCH3 is 1. The smallest absolute Gasteiger partial charge is 0.337 e. The number of ether oxygens (including phenoxy) is 1. The molecule has 110 valence electrons. The molecule has 0 unspecified atom stereocenters.